The third kappa shape index (κ3) is 1.99. The number of nitro benzene ring substituents is 1. The lowest BCUT2D eigenvalue weighted by Gasteiger charge is -2.28. The molecule has 0 atom stereocenters. The van der Waals surface area contributed by atoms with Crippen molar-refractivity contribution in [2.45, 2.75) is 0 Å². The summed E-state index contributed by atoms with van der Waals surface area (Å²) in [5.74, 6) is 0. The van der Waals surface area contributed by atoms with Crippen LogP contribution in [0.4, 0.5) is 11.4 Å². The van der Waals surface area contributed by atoms with Crippen molar-refractivity contribution in [3.63, 3.8) is 0 Å². The number of nitrogens with zero attached hydrogens (tertiary/aromatic N) is 2. The summed E-state index contributed by atoms with van der Waals surface area (Å²) in [5.41, 5.74) is 1.19. The summed E-state index contributed by atoms with van der Waals surface area (Å²) in [7, 11) is 0. The van der Waals surface area contributed by atoms with Crippen molar-refractivity contribution >= 4 is 11.4 Å². The van der Waals surface area contributed by atoms with Gasteiger partial charge in [0.05, 0.1) is 18.1 Å². The van der Waals surface area contributed by atoms with Crippen molar-refractivity contribution in [1.29, 1.82) is 0 Å². The smallest absolute Gasteiger partial charge is 0.295 e. The van der Waals surface area contributed by atoms with E-state index in [-0.39, 0.29) is 10.6 Å². The Balaban J connectivity index is 2.38. The molecular weight excluding hydrogens is 208 g/mol. The number of morpholine rings is 1. The van der Waals surface area contributed by atoms with Crippen LogP contribution in [-0.4, -0.2) is 31.2 Å². The number of rotatable bonds is 2. The van der Waals surface area contributed by atoms with E-state index in [0.717, 1.165) is 0 Å². The van der Waals surface area contributed by atoms with Crippen molar-refractivity contribution in [3.8, 4) is 0 Å². The zero-order chi connectivity index (χ0) is 11.5. The minimum absolute atomic E-state index is 0.101. The van der Waals surface area contributed by atoms with Gasteiger partial charge in [-0.25, -0.2) is 0 Å². The average molecular weight is 221 g/mol. The Morgan fingerprint density at radius 3 is 2.69 bits per heavy atom. The summed E-state index contributed by atoms with van der Waals surface area (Å²) in [6.07, 6.45) is 0. The van der Waals surface area contributed by atoms with Gasteiger partial charge in [0.25, 0.3) is 5.69 Å². The van der Waals surface area contributed by atoms with E-state index in [1.54, 1.807) is 18.2 Å². The predicted octanol–water partition coefficient (Wildman–Crippen LogP) is 1.61. The van der Waals surface area contributed by atoms with Crippen LogP contribution in [0.25, 0.3) is 0 Å². The third-order valence-electron chi connectivity index (χ3n) is 2.63. The van der Waals surface area contributed by atoms with Gasteiger partial charge in [-0.3, -0.25) is 10.1 Å². The minimum Gasteiger partial charge on any atom is -0.378 e. The molecule has 1 radical (unpaired) electrons. The maximum atomic E-state index is 11.0. The summed E-state index contributed by atoms with van der Waals surface area (Å²) in [6.45, 7) is 6.29. The average Bonchev–Trinajstić information content (AvgIpc) is 2.29. The van der Waals surface area contributed by atoms with Gasteiger partial charge in [-0.1, -0.05) is 12.1 Å². The summed E-state index contributed by atoms with van der Waals surface area (Å²) in [6, 6.07) is 5.21. The molecule has 0 aromatic heterocycles. The van der Waals surface area contributed by atoms with Gasteiger partial charge < -0.3 is 9.64 Å². The fourth-order valence-electron chi connectivity index (χ4n) is 1.85. The first-order chi connectivity index (χ1) is 7.70. The van der Waals surface area contributed by atoms with Gasteiger partial charge in [-0.05, 0) is 13.0 Å². The van der Waals surface area contributed by atoms with E-state index in [1.165, 1.54) is 0 Å². The molecule has 5 heteroatoms. The maximum absolute atomic E-state index is 11.0. The lowest BCUT2D eigenvalue weighted by atomic mass is 10.1. The molecule has 16 heavy (non-hydrogen) atoms. The zero-order valence-corrected chi connectivity index (χ0v) is 8.89. The van der Waals surface area contributed by atoms with E-state index in [4.69, 9.17) is 4.74 Å². The Morgan fingerprint density at radius 2 is 2.06 bits per heavy atom. The fraction of sp³-hybridized carbons (Fsp3) is 0.364. The monoisotopic (exact) mass is 221 g/mol. The number of ether oxygens (including phenoxy) is 1. The second-order valence-electron chi connectivity index (χ2n) is 3.64. The number of benzene rings is 1. The van der Waals surface area contributed by atoms with Crippen molar-refractivity contribution in [3.05, 3.63) is 40.8 Å². The van der Waals surface area contributed by atoms with Crippen LogP contribution in [0.2, 0.25) is 0 Å². The molecule has 0 amide bonds. The first kappa shape index (κ1) is 10.9. The lowest BCUT2D eigenvalue weighted by Crippen LogP contribution is -2.36. The Labute approximate surface area is 93.8 Å². The molecule has 1 aromatic rings. The number of hydrogen-bond acceptors (Lipinski definition) is 4. The van der Waals surface area contributed by atoms with Gasteiger partial charge in [-0.2, -0.15) is 0 Å². The van der Waals surface area contributed by atoms with E-state index < -0.39 is 0 Å². The van der Waals surface area contributed by atoms with E-state index in [2.05, 4.69) is 6.92 Å². The van der Waals surface area contributed by atoms with E-state index in [9.17, 15) is 10.1 Å². The first-order valence-corrected chi connectivity index (χ1v) is 5.12. The predicted molar refractivity (Wildman–Crippen MR) is 60.6 cm³/mol. The molecule has 0 N–H and O–H groups in total. The number of anilines is 1. The summed E-state index contributed by atoms with van der Waals surface area (Å²) in [5, 5.41) is 11.0. The summed E-state index contributed by atoms with van der Waals surface area (Å²) in [4.78, 5) is 12.6. The molecule has 2 rings (SSSR count). The number of hydrogen-bond donors (Lipinski definition) is 0. The molecule has 0 unspecified atom stereocenters. The van der Waals surface area contributed by atoms with Gasteiger partial charge in [0, 0.05) is 18.7 Å². The van der Waals surface area contributed by atoms with E-state index >= 15 is 0 Å². The van der Waals surface area contributed by atoms with E-state index in [1.807, 2.05) is 4.90 Å². The van der Waals surface area contributed by atoms with Crippen LogP contribution in [0.5, 0.6) is 0 Å². The van der Waals surface area contributed by atoms with Gasteiger partial charge in [0.1, 0.15) is 5.69 Å². The second kappa shape index (κ2) is 4.49. The van der Waals surface area contributed by atoms with Crippen LogP contribution in [-0.2, 0) is 4.74 Å². The Kier molecular flexibility index (Phi) is 3.05. The first-order valence-electron chi connectivity index (χ1n) is 5.12. The van der Waals surface area contributed by atoms with Crippen LogP contribution in [0.1, 0.15) is 5.56 Å². The molecule has 1 heterocycles. The molecular formula is C11H13N2O3. The zero-order valence-electron chi connectivity index (χ0n) is 8.89. The van der Waals surface area contributed by atoms with Gasteiger partial charge >= 0.3 is 0 Å². The number of para-hydroxylation sites is 1. The maximum Gasteiger partial charge on any atom is 0.295 e. The summed E-state index contributed by atoms with van der Waals surface area (Å²) >= 11 is 0. The van der Waals surface area contributed by atoms with Crippen LogP contribution >= 0.6 is 0 Å². The van der Waals surface area contributed by atoms with Crippen molar-refractivity contribution < 1.29 is 9.66 Å². The highest BCUT2D eigenvalue weighted by molar-refractivity contribution is 5.67. The largest absolute Gasteiger partial charge is 0.378 e. The summed E-state index contributed by atoms with van der Waals surface area (Å²) < 4.78 is 5.22. The van der Waals surface area contributed by atoms with Crippen LogP contribution in [0.15, 0.2) is 18.2 Å². The molecule has 1 aliphatic rings. The fourth-order valence-corrected chi connectivity index (χ4v) is 1.85. The molecule has 0 spiro atoms. The van der Waals surface area contributed by atoms with Crippen molar-refractivity contribution in [2.24, 2.45) is 0 Å². The molecule has 85 valence electrons. The van der Waals surface area contributed by atoms with Crippen molar-refractivity contribution in [1.82, 2.24) is 0 Å². The highest BCUT2D eigenvalue weighted by Gasteiger charge is 2.22. The topological polar surface area (TPSA) is 55.6 Å². The quantitative estimate of drug-likeness (QED) is 0.562. The SMILES string of the molecule is [CH2]c1cccc(N2CCOCC2)c1[N+](=O)[O-]. The van der Waals surface area contributed by atoms with Crippen molar-refractivity contribution in [2.75, 3.05) is 31.2 Å². The molecule has 1 fully saturated rings. The number of nitro groups is 1. The molecule has 0 saturated carbocycles. The van der Waals surface area contributed by atoms with Crippen LogP contribution in [0.3, 0.4) is 0 Å². The van der Waals surface area contributed by atoms with Gasteiger partial charge in [0.2, 0.25) is 0 Å². The Bertz CT molecular complexity index is 400. The Morgan fingerprint density at radius 1 is 1.38 bits per heavy atom. The molecule has 5 nitrogen and oxygen atoms in total. The standard InChI is InChI=1S/C11H13N2O3/c1-9-3-2-4-10(11(9)13(14)15)12-5-7-16-8-6-12/h2-4H,1,5-8H2. The minimum atomic E-state index is -0.368. The highest BCUT2D eigenvalue weighted by Crippen LogP contribution is 2.31. The van der Waals surface area contributed by atoms with Crippen LogP contribution < -0.4 is 4.90 Å². The van der Waals surface area contributed by atoms with Gasteiger partial charge in [-0.15, -0.1) is 0 Å². The molecule has 0 bridgehead atoms. The second-order valence-corrected chi connectivity index (χ2v) is 3.64. The highest BCUT2D eigenvalue weighted by atomic mass is 16.6. The molecule has 1 saturated heterocycles. The third-order valence-corrected chi connectivity index (χ3v) is 2.63. The molecule has 0 aliphatic carbocycles. The van der Waals surface area contributed by atoms with Crippen LogP contribution in [0, 0.1) is 17.0 Å². The lowest BCUT2D eigenvalue weighted by molar-refractivity contribution is -0.384. The normalized spacial score (nSPS) is 16.2. The Hall–Kier alpha value is -1.62. The van der Waals surface area contributed by atoms with Gasteiger partial charge in [0.15, 0.2) is 0 Å². The van der Waals surface area contributed by atoms with E-state index in [0.29, 0.717) is 37.6 Å². The molecule has 1 aliphatic heterocycles. The molecule has 1 aromatic carbocycles.